The number of carbonyl (C=O) groups excluding carboxylic acids is 1. The highest BCUT2D eigenvalue weighted by molar-refractivity contribution is 5.66. The van der Waals surface area contributed by atoms with Crippen molar-refractivity contribution < 1.29 is 14.7 Å². The van der Waals surface area contributed by atoms with E-state index in [0.717, 1.165) is 31.1 Å². The van der Waals surface area contributed by atoms with Crippen LogP contribution in [0.2, 0.25) is 0 Å². The van der Waals surface area contributed by atoms with E-state index in [1.54, 1.807) is 0 Å². The minimum Gasteiger partial charge on any atom is -0.463 e. The monoisotopic (exact) mass is 373 g/mol. The zero-order valence-corrected chi connectivity index (χ0v) is 17.1. The lowest BCUT2D eigenvalue weighted by molar-refractivity contribution is -0.158. The largest absolute Gasteiger partial charge is 0.463 e. The van der Waals surface area contributed by atoms with E-state index in [-0.39, 0.29) is 17.5 Å². The molecule has 3 saturated carbocycles. The quantitative estimate of drug-likeness (QED) is 0.540. The van der Waals surface area contributed by atoms with Crippen molar-refractivity contribution in [2.45, 2.75) is 78.2 Å². The highest BCUT2D eigenvalue weighted by Crippen LogP contribution is 2.66. The Morgan fingerprint density at radius 1 is 1.22 bits per heavy atom. The van der Waals surface area contributed by atoms with Crippen molar-refractivity contribution in [2.75, 3.05) is 0 Å². The number of hydrogen-bond acceptors (Lipinski definition) is 4. The summed E-state index contributed by atoms with van der Waals surface area (Å²) in [5, 5.41) is 9.39. The minimum atomic E-state index is -0.131. The lowest BCUT2D eigenvalue weighted by atomic mass is 9.44. The molecule has 0 saturated heterocycles. The van der Waals surface area contributed by atoms with Crippen molar-refractivity contribution in [3.63, 3.8) is 0 Å². The van der Waals surface area contributed by atoms with E-state index in [4.69, 9.17) is 4.74 Å². The minimum absolute atomic E-state index is 0.129. The molecule has 0 aromatic heterocycles. The molecule has 0 radical (unpaired) electrons. The fourth-order valence-corrected chi connectivity index (χ4v) is 7.66. The van der Waals surface area contributed by atoms with Gasteiger partial charge in [0.25, 0.3) is 0 Å². The maximum Gasteiger partial charge on any atom is 0.302 e. The van der Waals surface area contributed by atoms with E-state index in [0.29, 0.717) is 22.9 Å². The van der Waals surface area contributed by atoms with Crippen LogP contribution >= 0.6 is 0 Å². The first-order valence-electron chi connectivity index (χ1n) is 10.8. The Balaban J connectivity index is 1.53. The second kappa shape index (κ2) is 6.65. The number of allylic oxidation sites excluding steroid dienone is 2. The number of esters is 1. The normalized spacial score (nSPS) is 45.8. The Labute approximate surface area is 163 Å². The summed E-state index contributed by atoms with van der Waals surface area (Å²) in [5.74, 6) is 2.75. The molecule has 2 N–H and O–H groups in total. The number of hydrogen-bond donors (Lipinski definition) is 2. The van der Waals surface area contributed by atoms with Crippen molar-refractivity contribution in [1.82, 2.24) is 5.48 Å². The highest BCUT2D eigenvalue weighted by atomic mass is 16.5. The Kier molecular flexibility index (Phi) is 4.69. The molecule has 3 fully saturated rings. The van der Waals surface area contributed by atoms with Crippen LogP contribution in [0.4, 0.5) is 0 Å². The standard InChI is InChI=1S/C23H35NO3/c1-14(24-26)19-7-8-20-18-6-5-16-13-17(27-15(2)25)9-11-22(16,3)21(18)10-12-23(19,20)4/h7,16-18,20-21,24,26H,1,5-6,8-13H2,2-4H3/t16-,17-,18-,20-,21-,22-,23+/m0/s1. The number of carbonyl (C=O) groups is 1. The van der Waals surface area contributed by atoms with Crippen LogP contribution in [0, 0.1) is 34.5 Å². The van der Waals surface area contributed by atoms with Gasteiger partial charge in [-0.25, -0.2) is 0 Å². The Bertz CT molecular complexity index is 671. The van der Waals surface area contributed by atoms with Crippen molar-refractivity contribution in [3.8, 4) is 0 Å². The third-order valence-corrected chi connectivity index (χ3v) is 8.99. The summed E-state index contributed by atoms with van der Waals surface area (Å²) in [5.41, 5.74) is 4.75. The number of rotatable bonds is 3. The van der Waals surface area contributed by atoms with Gasteiger partial charge in [-0.3, -0.25) is 15.5 Å². The first-order valence-corrected chi connectivity index (χ1v) is 10.8. The molecule has 0 amide bonds. The van der Waals surface area contributed by atoms with Gasteiger partial charge in [0.2, 0.25) is 0 Å². The van der Waals surface area contributed by atoms with E-state index in [1.807, 2.05) is 0 Å². The fraction of sp³-hybridized carbons (Fsp3) is 0.783. The van der Waals surface area contributed by atoms with E-state index in [9.17, 15) is 10.0 Å². The molecule has 0 aromatic rings. The predicted molar refractivity (Wildman–Crippen MR) is 105 cm³/mol. The molecule has 0 aromatic carbocycles. The molecule has 0 bridgehead atoms. The van der Waals surface area contributed by atoms with Gasteiger partial charge in [0.05, 0.1) is 5.70 Å². The second-order valence-corrected chi connectivity index (χ2v) is 10.1. The van der Waals surface area contributed by atoms with Crippen molar-refractivity contribution >= 4 is 5.97 Å². The molecule has 7 atom stereocenters. The van der Waals surface area contributed by atoms with Gasteiger partial charge in [0.15, 0.2) is 0 Å². The van der Waals surface area contributed by atoms with Crippen molar-refractivity contribution in [3.05, 3.63) is 23.9 Å². The summed E-state index contributed by atoms with van der Waals surface area (Å²) in [6.45, 7) is 10.5. The van der Waals surface area contributed by atoms with Crippen molar-refractivity contribution in [2.24, 2.45) is 34.5 Å². The van der Waals surface area contributed by atoms with E-state index in [2.05, 4.69) is 32.0 Å². The smallest absolute Gasteiger partial charge is 0.302 e. The lowest BCUT2D eigenvalue weighted by Gasteiger charge is -2.60. The summed E-state index contributed by atoms with van der Waals surface area (Å²) in [6, 6.07) is 0. The van der Waals surface area contributed by atoms with Crippen molar-refractivity contribution in [1.29, 1.82) is 0 Å². The zero-order valence-electron chi connectivity index (χ0n) is 17.1. The Hall–Kier alpha value is -1.29. The van der Waals surface area contributed by atoms with E-state index < -0.39 is 0 Å². The van der Waals surface area contributed by atoms with Gasteiger partial charge < -0.3 is 4.74 Å². The van der Waals surface area contributed by atoms with Crippen LogP contribution in [0.1, 0.15) is 72.1 Å². The van der Waals surface area contributed by atoms with Crippen LogP contribution in [0.5, 0.6) is 0 Å². The predicted octanol–water partition coefficient (Wildman–Crippen LogP) is 4.99. The second-order valence-electron chi connectivity index (χ2n) is 10.1. The van der Waals surface area contributed by atoms with Crippen LogP contribution in [0.15, 0.2) is 23.9 Å². The Morgan fingerprint density at radius 3 is 2.70 bits per heavy atom. The zero-order chi connectivity index (χ0) is 19.4. The van der Waals surface area contributed by atoms with E-state index in [1.165, 1.54) is 44.6 Å². The molecule has 0 unspecified atom stereocenters. The number of hydroxylamine groups is 1. The van der Waals surface area contributed by atoms with E-state index >= 15 is 0 Å². The van der Waals surface area contributed by atoms with Gasteiger partial charge in [-0.15, -0.1) is 0 Å². The van der Waals surface area contributed by atoms with Gasteiger partial charge >= 0.3 is 5.97 Å². The molecule has 0 heterocycles. The molecular formula is C23H35NO3. The Morgan fingerprint density at radius 2 is 2.00 bits per heavy atom. The van der Waals surface area contributed by atoms with Crippen LogP contribution in [-0.2, 0) is 9.53 Å². The third-order valence-electron chi connectivity index (χ3n) is 8.99. The van der Waals surface area contributed by atoms with Crippen LogP contribution in [-0.4, -0.2) is 17.3 Å². The summed E-state index contributed by atoms with van der Waals surface area (Å²) >= 11 is 0. The highest BCUT2D eigenvalue weighted by Gasteiger charge is 2.59. The molecule has 150 valence electrons. The van der Waals surface area contributed by atoms with Gasteiger partial charge in [-0.05, 0) is 91.4 Å². The molecule has 4 aliphatic carbocycles. The average Bonchev–Trinajstić information content (AvgIpc) is 2.98. The SMILES string of the molecule is C=C(NO)C1=CC[C@H]2[C@@H]3CC[C@H]4C[C@@H](OC(C)=O)CC[C@]4(C)[C@H]3CC[C@]12C. The van der Waals surface area contributed by atoms with Crippen LogP contribution < -0.4 is 5.48 Å². The molecule has 4 rings (SSSR count). The summed E-state index contributed by atoms with van der Waals surface area (Å²) < 4.78 is 5.57. The van der Waals surface area contributed by atoms with Gasteiger partial charge in [0, 0.05) is 6.92 Å². The average molecular weight is 374 g/mol. The summed E-state index contributed by atoms with van der Waals surface area (Å²) in [4.78, 5) is 11.4. The van der Waals surface area contributed by atoms with Gasteiger partial charge in [-0.2, -0.15) is 0 Å². The topological polar surface area (TPSA) is 58.6 Å². The van der Waals surface area contributed by atoms with Gasteiger partial charge in [-0.1, -0.05) is 26.5 Å². The van der Waals surface area contributed by atoms with Gasteiger partial charge in [0.1, 0.15) is 6.10 Å². The molecule has 0 aliphatic heterocycles. The first kappa shape index (κ1) is 19.0. The first-order chi connectivity index (χ1) is 12.8. The fourth-order valence-electron chi connectivity index (χ4n) is 7.66. The molecular weight excluding hydrogens is 338 g/mol. The third kappa shape index (κ3) is 2.86. The summed E-state index contributed by atoms with van der Waals surface area (Å²) in [6.07, 6.45) is 11.8. The maximum atomic E-state index is 11.4. The summed E-state index contributed by atoms with van der Waals surface area (Å²) in [7, 11) is 0. The molecule has 4 nitrogen and oxygen atoms in total. The molecule has 0 spiro atoms. The maximum absolute atomic E-state index is 11.4. The molecule has 4 heteroatoms. The number of ether oxygens (including phenoxy) is 1. The lowest BCUT2D eigenvalue weighted by Crippen LogP contribution is -2.54. The molecule has 27 heavy (non-hydrogen) atoms. The van der Waals surface area contributed by atoms with Crippen LogP contribution in [0.25, 0.3) is 0 Å². The van der Waals surface area contributed by atoms with Crippen LogP contribution in [0.3, 0.4) is 0 Å². The molecule has 4 aliphatic rings. The number of nitrogens with one attached hydrogen (secondary N) is 1. The number of fused-ring (bicyclic) bond motifs is 5.